The molecule has 0 saturated carbocycles. The number of nitrogens with one attached hydrogen (secondary N) is 1. The van der Waals surface area contributed by atoms with Crippen LogP contribution in [0.3, 0.4) is 0 Å². The van der Waals surface area contributed by atoms with E-state index in [0.29, 0.717) is 12.1 Å². The predicted molar refractivity (Wildman–Crippen MR) is 104 cm³/mol. The van der Waals surface area contributed by atoms with Crippen LogP contribution in [-0.4, -0.2) is 39.8 Å². The molecule has 3 heterocycles. The van der Waals surface area contributed by atoms with E-state index in [9.17, 15) is 4.79 Å². The number of aromatic nitrogens is 3. The van der Waals surface area contributed by atoms with Gasteiger partial charge < -0.3 is 10.1 Å². The Labute approximate surface area is 161 Å². The Morgan fingerprint density at radius 3 is 3.00 bits per heavy atom. The van der Waals surface area contributed by atoms with E-state index >= 15 is 0 Å². The summed E-state index contributed by atoms with van der Waals surface area (Å²) in [5.74, 6) is 0.723. The van der Waals surface area contributed by atoms with Gasteiger partial charge in [0.25, 0.3) is 5.91 Å². The Balaban J connectivity index is 1.41. The number of amides is 1. The fourth-order valence-electron chi connectivity index (χ4n) is 3.07. The maximum Gasteiger partial charge on any atom is 0.254 e. The molecule has 2 aromatic heterocycles. The molecule has 1 aliphatic rings. The Hall–Kier alpha value is -2.93. The van der Waals surface area contributed by atoms with Crippen molar-refractivity contribution in [1.82, 2.24) is 20.3 Å². The SMILES string of the molecule is CSc1ncccc1C(=O)NCC1Cc2cc(-c3cnccn3)ccc2O1. The average Bonchev–Trinajstić information content (AvgIpc) is 3.14. The van der Waals surface area contributed by atoms with E-state index in [2.05, 4.69) is 26.3 Å². The summed E-state index contributed by atoms with van der Waals surface area (Å²) in [7, 11) is 0. The zero-order valence-corrected chi connectivity index (χ0v) is 15.6. The van der Waals surface area contributed by atoms with E-state index in [-0.39, 0.29) is 12.0 Å². The molecule has 7 heteroatoms. The van der Waals surface area contributed by atoms with Gasteiger partial charge in [-0.2, -0.15) is 0 Å². The van der Waals surface area contributed by atoms with Gasteiger partial charge in [0.1, 0.15) is 16.9 Å². The summed E-state index contributed by atoms with van der Waals surface area (Å²) >= 11 is 1.46. The summed E-state index contributed by atoms with van der Waals surface area (Å²) in [4.78, 5) is 25.1. The summed E-state index contributed by atoms with van der Waals surface area (Å²) in [5, 5.41) is 3.68. The Morgan fingerprint density at radius 1 is 1.26 bits per heavy atom. The molecule has 4 rings (SSSR count). The van der Waals surface area contributed by atoms with Crippen molar-refractivity contribution >= 4 is 17.7 Å². The number of hydrogen-bond donors (Lipinski definition) is 1. The van der Waals surface area contributed by atoms with Crippen LogP contribution in [0.5, 0.6) is 5.75 Å². The average molecular weight is 378 g/mol. The topological polar surface area (TPSA) is 77.0 Å². The van der Waals surface area contributed by atoms with Crippen LogP contribution in [-0.2, 0) is 6.42 Å². The maximum atomic E-state index is 12.5. The smallest absolute Gasteiger partial charge is 0.254 e. The highest BCUT2D eigenvalue weighted by Crippen LogP contribution is 2.32. The van der Waals surface area contributed by atoms with Crippen molar-refractivity contribution in [2.75, 3.05) is 12.8 Å². The minimum atomic E-state index is -0.132. The van der Waals surface area contributed by atoms with Crippen LogP contribution in [0.1, 0.15) is 15.9 Å². The second kappa shape index (κ2) is 7.75. The van der Waals surface area contributed by atoms with Crippen molar-refractivity contribution in [1.29, 1.82) is 0 Å². The first-order valence-corrected chi connectivity index (χ1v) is 9.80. The third-order valence-corrected chi connectivity index (χ3v) is 5.07. The minimum Gasteiger partial charge on any atom is -0.488 e. The number of ether oxygens (including phenoxy) is 1. The van der Waals surface area contributed by atoms with Gasteiger partial charge in [-0.25, -0.2) is 4.98 Å². The molecule has 0 radical (unpaired) electrons. The molecular weight excluding hydrogens is 360 g/mol. The van der Waals surface area contributed by atoms with Crippen molar-refractivity contribution in [2.24, 2.45) is 0 Å². The Morgan fingerprint density at radius 2 is 2.19 bits per heavy atom. The number of hydrogen-bond acceptors (Lipinski definition) is 6. The summed E-state index contributed by atoms with van der Waals surface area (Å²) in [6.45, 7) is 0.441. The van der Waals surface area contributed by atoms with E-state index in [1.807, 2.05) is 18.4 Å². The molecule has 1 N–H and O–H groups in total. The van der Waals surface area contributed by atoms with Crippen molar-refractivity contribution < 1.29 is 9.53 Å². The van der Waals surface area contributed by atoms with Gasteiger partial charge in [0.2, 0.25) is 0 Å². The number of fused-ring (bicyclic) bond motifs is 1. The van der Waals surface area contributed by atoms with Crippen LogP contribution in [0.2, 0.25) is 0 Å². The van der Waals surface area contributed by atoms with Crippen molar-refractivity contribution in [3.05, 3.63) is 66.2 Å². The lowest BCUT2D eigenvalue weighted by Crippen LogP contribution is -2.34. The number of benzene rings is 1. The predicted octanol–water partition coefficient (Wildman–Crippen LogP) is 2.99. The molecule has 1 aliphatic heterocycles. The number of carbonyl (C=O) groups excluding carboxylic acids is 1. The molecule has 1 atom stereocenters. The fourth-order valence-corrected chi connectivity index (χ4v) is 3.62. The molecule has 0 saturated heterocycles. The third-order valence-electron chi connectivity index (χ3n) is 4.36. The van der Waals surface area contributed by atoms with Crippen LogP contribution in [0.15, 0.2) is 60.1 Å². The number of rotatable bonds is 5. The van der Waals surface area contributed by atoms with Gasteiger partial charge in [0.15, 0.2) is 0 Å². The lowest BCUT2D eigenvalue weighted by Gasteiger charge is -2.12. The van der Waals surface area contributed by atoms with Gasteiger partial charge in [-0.05, 0) is 42.2 Å². The van der Waals surface area contributed by atoms with Gasteiger partial charge in [0, 0.05) is 30.6 Å². The van der Waals surface area contributed by atoms with Crippen LogP contribution < -0.4 is 10.1 Å². The third kappa shape index (κ3) is 3.78. The fraction of sp³-hybridized carbons (Fsp3) is 0.200. The van der Waals surface area contributed by atoms with Gasteiger partial charge in [-0.1, -0.05) is 0 Å². The molecular formula is C20H18N4O2S. The van der Waals surface area contributed by atoms with E-state index < -0.39 is 0 Å². The summed E-state index contributed by atoms with van der Waals surface area (Å²) in [5.41, 5.74) is 3.54. The van der Waals surface area contributed by atoms with Crippen LogP contribution in [0, 0.1) is 0 Å². The lowest BCUT2D eigenvalue weighted by molar-refractivity contribution is 0.0930. The van der Waals surface area contributed by atoms with E-state index in [1.54, 1.807) is 36.9 Å². The number of thioether (sulfide) groups is 1. The molecule has 0 fully saturated rings. The van der Waals surface area contributed by atoms with E-state index in [0.717, 1.165) is 34.0 Å². The lowest BCUT2D eigenvalue weighted by atomic mass is 10.0. The standard InChI is InChI=1S/C20H18N4O2S/c1-27-20-16(3-2-6-23-20)19(25)24-11-15-10-14-9-13(4-5-18(14)26-15)17-12-21-7-8-22-17/h2-9,12,15H,10-11H2,1H3,(H,24,25). The van der Waals surface area contributed by atoms with Gasteiger partial charge in [-0.15, -0.1) is 11.8 Å². The molecule has 0 aliphatic carbocycles. The normalized spacial score (nSPS) is 15.1. The monoisotopic (exact) mass is 378 g/mol. The van der Waals surface area contributed by atoms with Gasteiger partial charge >= 0.3 is 0 Å². The van der Waals surface area contributed by atoms with Crippen molar-refractivity contribution in [2.45, 2.75) is 17.6 Å². The molecule has 1 aromatic carbocycles. The molecule has 6 nitrogen and oxygen atoms in total. The summed E-state index contributed by atoms with van der Waals surface area (Å²) in [6, 6.07) is 9.56. The highest BCUT2D eigenvalue weighted by atomic mass is 32.2. The number of carbonyl (C=O) groups is 1. The first kappa shape index (κ1) is 17.5. The minimum absolute atomic E-state index is 0.0875. The number of pyridine rings is 1. The van der Waals surface area contributed by atoms with Crippen LogP contribution >= 0.6 is 11.8 Å². The molecule has 136 valence electrons. The highest BCUT2D eigenvalue weighted by Gasteiger charge is 2.24. The highest BCUT2D eigenvalue weighted by molar-refractivity contribution is 7.98. The largest absolute Gasteiger partial charge is 0.488 e. The van der Waals surface area contributed by atoms with Crippen LogP contribution in [0.25, 0.3) is 11.3 Å². The van der Waals surface area contributed by atoms with Crippen molar-refractivity contribution in [3.8, 4) is 17.0 Å². The molecule has 3 aromatic rings. The number of nitrogens with zero attached hydrogens (tertiary/aromatic N) is 3. The molecule has 27 heavy (non-hydrogen) atoms. The summed E-state index contributed by atoms with van der Waals surface area (Å²) in [6.07, 6.45) is 9.33. The second-order valence-electron chi connectivity index (χ2n) is 6.13. The molecule has 0 spiro atoms. The molecule has 0 bridgehead atoms. The van der Waals surface area contributed by atoms with Gasteiger partial charge in [0.05, 0.1) is 24.0 Å². The maximum absolute atomic E-state index is 12.5. The first-order valence-electron chi connectivity index (χ1n) is 8.58. The zero-order valence-electron chi connectivity index (χ0n) is 14.8. The van der Waals surface area contributed by atoms with Crippen molar-refractivity contribution in [3.63, 3.8) is 0 Å². The quantitative estimate of drug-likeness (QED) is 0.688. The summed E-state index contributed by atoms with van der Waals surface area (Å²) < 4.78 is 5.97. The van der Waals surface area contributed by atoms with E-state index in [4.69, 9.17) is 4.74 Å². The van der Waals surface area contributed by atoms with Gasteiger partial charge in [-0.3, -0.25) is 14.8 Å². The Kier molecular flexibility index (Phi) is 5.02. The van der Waals surface area contributed by atoms with Crippen LogP contribution in [0.4, 0.5) is 0 Å². The first-order chi connectivity index (χ1) is 13.2. The van der Waals surface area contributed by atoms with E-state index in [1.165, 1.54) is 11.8 Å². The Bertz CT molecular complexity index is 965. The molecule has 1 unspecified atom stereocenters. The second-order valence-corrected chi connectivity index (χ2v) is 6.92. The zero-order chi connectivity index (χ0) is 18.6. The molecule has 1 amide bonds.